The Hall–Kier alpha value is -2.34. The van der Waals surface area contributed by atoms with Gasteiger partial charge in [-0.2, -0.15) is 0 Å². The van der Waals surface area contributed by atoms with Crippen molar-refractivity contribution in [3.8, 4) is 0 Å². The predicted octanol–water partition coefficient (Wildman–Crippen LogP) is 3.57. The van der Waals surface area contributed by atoms with Crippen LogP contribution in [-0.4, -0.2) is 20.4 Å². The Morgan fingerprint density at radius 2 is 1.56 bits per heavy atom. The minimum absolute atomic E-state index is 0.0404. The Bertz CT molecular complexity index is 843. The lowest BCUT2D eigenvalue weighted by Crippen LogP contribution is -2.36. The molecule has 0 aromatic heterocycles. The van der Waals surface area contributed by atoms with Gasteiger partial charge >= 0.3 is 0 Å². The van der Waals surface area contributed by atoms with Gasteiger partial charge in [0.05, 0.1) is 10.6 Å². The molecule has 134 valence electrons. The third-order valence-corrected chi connectivity index (χ3v) is 5.56. The lowest BCUT2D eigenvalue weighted by Gasteiger charge is -2.17. The van der Waals surface area contributed by atoms with E-state index in [1.165, 1.54) is 24.3 Å². The molecular weight excluding hydrogens is 336 g/mol. The molecule has 2 aromatic carbocycles. The summed E-state index contributed by atoms with van der Waals surface area (Å²) < 4.78 is 27.6. The van der Waals surface area contributed by atoms with E-state index in [0.717, 1.165) is 5.56 Å². The van der Waals surface area contributed by atoms with Crippen LogP contribution in [0.2, 0.25) is 0 Å². The van der Waals surface area contributed by atoms with Gasteiger partial charge in [0.15, 0.2) is 0 Å². The molecule has 0 fully saturated rings. The van der Waals surface area contributed by atoms with E-state index >= 15 is 0 Å². The van der Waals surface area contributed by atoms with Crippen LogP contribution < -0.4 is 10.0 Å². The van der Waals surface area contributed by atoms with Gasteiger partial charge in [-0.15, -0.1) is 0 Å². The Morgan fingerprint density at radius 3 is 2.12 bits per heavy atom. The van der Waals surface area contributed by atoms with Crippen molar-refractivity contribution in [2.45, 2.75) is 38.6 Å². The van der Waals surface area contributed by atoms with Crippen LogP contribution in [-0.2, 0) is 10.0 Å². The maximum absolute atomic E-state index is 12.5. The zero-order valence-corrected chi connectivity index (χ0v) is 15.7. The number of amides is 1. The molecule has 0 spiro atoms. The van der Waals surface area contributed by atoms with Crippen LogP contribution in [0.1, 0.15) is 36.7 Å². The summed E-state index contributed by atoms with van der Waals surface area (Å²) in [5.74, 6) is 0.110. The van der Waals surface area contributed by atoms with Crippen LogP contribution in [0.5, 0.6) is 0 Å². The van der Waals surface area contributed by atoms with Gasteiger partial charge in [-0.1, -0.05) is 32.0 Å². The second-order valence-electron chi connectivity index (χ2n) is 6.45. The molecule has 2 N–H and O–H groups in total. The second kappa shape index (κ2) is 7.70. The van der Waals surface area contributed by atoms with Gasteiger partial charge < -0.3 is 5.32 Å². The fraction of sp³-hybridized carbons (Fsp3) is 0.316. The molecule has 1 amide bonds. The number of anilines is 1. The van der Waals surface area contributed by atoms with Crippen LogP contribution in [0, 0.1) is 12.8 Å². The molecule has 0 radical (unpaired) electrons. The van der Waals surface area contributed by atoms with Crippen molar-refractivity contribution in [1.82, 2.24) is 5.32 Å². The number of carbonyl (C=O) groups excluding carboxylic acids is 1. The lowest BCUT2D eigenvalue weighted by molar-refractivity contribution is 0.0930. The van der Waals surface area contributed by atoms with Gasteiger partial charge in [-0.25, -0.2) is 8.42 Å². The first-order valence-electron chi connectivity index (χ1n) is 8.20. The van der Waals surface area contributed by atoms with Gasteiger partial charge in [0.2, 0.25) is 0 Å². The number of sulfonamides is 1. The summed E-state index contributed by atoms with van der Waals surface area (Å²) in [7, 11) is -3.70. The highest BCUT2D eigenvalue weighted by molar-refractivity contribution is 7.92. The smallest absolute Gasteiger partial charge is 0.261 e. The molecule has 0 saturated heterocycles. The quantitative estimate of drug-likeness (QED) is 0.827. The molecule has 5 nitrogen and oxygen atoms in total. The van der Waals surface area contributed by atoms with Gasteiger partial charge in [0.1, 0.15) is 0 Å². The molecule has 1 unspecified atom stereocenters. The molecule has 1 atom stereocenters. The number of hydrogen-bond donors (Lipinski definition) is 2. The monoisotopic (exact) mass is 360 g/mol. The van der Waals surface area contributed by atoms with E-state index in [0.29, 0.717) is 17.2 Å². The molecule has 25 heavy (non-hydrogen) atoms. The first-order valence-corrected chi connectivity index (χ1v) is 9.68. The fourth-order valence-corrected chi connectivity index (χ4v) is 3.26. The highest BCUT2D eigenvalue weighted by Crippen LogP contribution is 2.19. The second-order valence-corrected chi connectivity index (χ2v) is 8.13. The average molecular weight is 360 g/mol. The normalized spacial score (nSPS) is 12.7. The summed E-state index contributed by atoms with van der Waals surface area (Å²) in [6.07, 6.45) is 0. The van der Waals surface area contributed by atoms with Gasteiger partial charge in [-0.05, 0) is 55.7 Å². The summed E-state index contributed by atoms with van der Waals surface area (Å²) in [6.45, 7) is 7.82. The largest absolute Gasteiger partial charge is 0.349 e. The zero-order chi connectivity index (χ0) is 18.6. The van der Waals surface area contributed by atoms with Crippen LogP contribution in [0.15, 0.2) is 53.4 Å². The van der Waals surface area contributed by atoms with Crippen LogP contribution in [0.4, 0.5) is 5.69 Å². The number of hydrogen-bond acceptors (Lipinski definition) is 3. The van der Waals surface area contributed by atoms with Crippen molar-refractivity contribution in [1.29, 1.82) is 0 Å². The molecule has 0 saturated carbocycles. The molecule has 0 aliphatic rings. The highest BCUT2D eigenvalue weighted by atomic mass is 32.2. The zero-order valence-electron chi connectivity index (χ0n) is 14.9. The molecule has 6 heteroatoms. The molecule has 2 rings (SSSR count). The Kier molecular flexibility index (Phi) is 5.85. The van der Waals surface area contributed by atoms with E-state index in [9.17, 15) is 13.2 Å². The minimum atomic E-state index is -3.70. The summed E-state index contributed by atoms with van der Waals surface area (Å²) in [5, 5.41) is 2.90. The van der Waals surface area contributed by atoms with E-state index in [2.05, 4.69) is 10.0 Å². The molecule has 0 heterocycles. The van der Waals surface area contributed by atoms with E-state index < -0.39 is 10.0 Å². The van der Waals surface area contributed by atoms with Crippen molar-refractivity contribution < 1.29 is 13.2 Å². The Labute approximate surface area is 149 Å². The number of benzene rings is 2. The van der Waals surface area contributed by atoms with E-state index in [1.54, 1.807) is 12.1 Å². The first-order chi connectivity index (χ1) is 11.7. The van der Waals surface area contributed by atoms with Crippen LogP contribution >= 0.6 is 0 Å². The third-order valence-electron chi connectivity index (χ3n) is 4.17. The maximum Gasteiger partial charge on any atom is 0.261 e. The molecule has 0 aliphatic carbocycles. The summed E-state index contributed by atoms with van der Waals surface area (Å²) >= 11 is 0. The lowest BCUT2D eigenvalue weighted by atomic mass is 10.1. The van der Waals surface area contributed by atoms with Crippen LogP contribution in [0.25, 0.3) is 0 Å². The van der Waals surface area contributed by atoms with Crippen molar-refractivity contribution >= 4 is 21.6 Å². The summed E-state index contributed by atoms with van der Waals surface area (Å²) in [6, 6.07) is 13.1. The number of aryl methyl sites for hydroxylation is 1. The van der Waals surface area contributed by atoms with Gasteiger partial charge in [-0.3, -0.25) is 9.52 Å². The topological polar surface area (TPSA) is 75.3 Å². The summed E-state index contributed by atoms with van der Waals surface area (Å²) in [4.78, 5) is 12.3. The van der Waals surface area contributed by atoms with Gasteiger partial charge in [0, 0.05) is 11.6 Å². The fourth-order valence-electron chi connectivity index (χ4n) is 2.13. The van der Waals surface area contributed by atoms with Crippen molar-refractivity contribution in [2.24, 2.45) is 5.92 Å². The molecule has 2 aromatic rings. The standard InChI is InChI=1S/C19H24N2O3S/c1-13(2)15(4)20-19(22)16-9-11-17(12-10-16)25(23,24)21-18-8-6-5-7-14(18)3/h5-13,15,21H,1-4H3,(H,20,22). The van der Waals surface area contributed by atoms with E-state index in [1.807, 2.05) is 39.8 Å². The number of para-hydroxylation sites is 1. The number of nitrogens with one attached hydrogen (secondary N) is 2. The van der Waals surface area contributed by atoms with Crippen molar-refractivity contribution in [3.05, 3.63) is 59.7 Å². The Morgan fingerprint density at radius 1 is 0.960 bits per heavy atom. The predicted molar refractivity (Wildman–Crippen MR) is 100 cm³/mol. The summed E-state index contributed by atoms with van der Waals surface area (Å²) in [5.41, 5.74) is 1.81. The molecule has 0 bridgehead atoms. The molecular formula is C19H24N2O3S. The highest BCUT2D eigenvalue weighted by Gasteiger charge is 2.17. The van der Waals surface area contributed by atoms with Crippen molar-refractivity contribution in [2.75, 3.05) is 4.72 Å². The maximum atomic E-state index is 12.5. The van der Waals surface area contributed by atoms with E-state index in [-0.39, 0.29) is 16.8 Å². The number of carbonyl (C=O) groups is 1. The van der Waals surface area contributed by atoms with E-state index in [4.69, 9.17) is 0 Å². The SMILES string of the molecule is Cc1ccccc1NS(=O)(=O)c1ccc(C(=O)NC(C)C(C)C)cc1. The Balaban J connectivity index is 2.16. The molecule has 0 aliphatic heterocycles. The average Bonchev–Trinajstić information content (AvgIpc) is 2.56. The number of rotatable bonds is 6. The van der Waals surface area contributed by atoms with Crippen LogP contribution in [0.3, 0.4) is 0 Å². The van der Waals surface area contributed by atoms with Gasteiger partial charge in [0.25, 0.3) is 15.9 Å². The first kappa shape index (κ1) is 19.0. The van der Waals surface area contributed by atoms with Crippen molar-refractivity contribution in [3.63, 3.8) is 0 Å². The third kappa shape index (κ3) is 4.82. The minimum Gasteiger partial charge on any atom is -0.349 e.